The molecule has 0 aliphatic heterocycles. The Morgan fingerprint density at radius 1 is 1.44 bits per heavy atom. The highest BCUT2D eigenvalue weighted by Gasteiger charge is 2.07. The van der Waals surface area contributed by atoms with Crippen LogP contribution in [0.3, 0.4) is 0 Å². The van der Waals surface area contributed by atoms with Gasteiger partial charge in [-0.2, -0.15) is 0 Å². The summed E-state index contributed by atoms with van der Waals surface area (Å²) < 4.78 is 2.13. The maximum Gasteiger partial charge on any atom is 0.122 e. The van der Waals surface area contributed by atoms with Crippen LogP contribution in [0.1, 0.15) is 36.7 Å². The van der Waals surface area contributed by atoms with Crippen LogP contribution in [-0.2, 0) is 6.54 Å². The Hall–Kier alpha value is -2.10. The van der Waals surface area contributed by atoms with E-state index in [1.54, 1.807) is 0 Å². The van der Waals surface area contributed by atoms with Crippen LogP contribution in [0.2, 0.25) is 0 Å². The van der Waals surface area contributed by atoms with Gasteiger partial charge in [0.15, 0.2) is 0 Å². The van der Waals surface area contributed by atoms with Crippen molar-refractivity contribution in [2.24, 2.45) is 5.73 Å². The van der Waals surface area contributed by atoms with E-state index in [9.17, 15) is 0 Å². The van der Waals surface area contributed by atoms with Gasteiger partial charge in [-0.25, -0.2) is 4.98 Å². The maximum atomic E-state index is 7.45. The normalized spacial score (nSPS) is 10.8. The van der Waals surface area contributed by atoms with Crippen LogP contribution in [0.25, 0.3) is 0 Å². The summed E-state index contributed by atoms with van der Waals surface area (Å²) >= 11 is 0. The first-order valence-corrected chi connectivity index (χ1v) is 6.02. The first-order chi connectivity index (χ1) is 8.58. The summed E-state index contributed by atoms with van der Waals surface area (Å²) in [5, 5.41) is 7.45. The SMILES string of the molecule is CC(C)c1nccn1Cc1cccc(C(=N)N)c1. The van der Waals surface area contributed by atoms with Crippen molar-refractivity contribution in [1.29, 1.82) is 5.41 Å². The first kappa shape index (κ1) is 12.4. The average molecular weight is 242 g/mol. The number of benzene rings is 1. The Bertz CT molecular complexity index is 554. The van der Waals surface area contributed by atoms with E-state index < -0.39 is 0 Å². The lowest BCUT2D eigenvalue weighted by Crippen LogP contribution is -2.12. The molecule has 0 amide bonds. The minimum absolute atomic E-state index is 0.103. The van der Waals surface area contributed by atoms with Crippen LogP contribution in [0, 0.1) is 5.41 Å². The standard InChI is InChI=1S/C14H18N4/c1-10(2)14-17-6-7-18(14)9-11-4-3-5-12(8-11)13(15)16/h3-8,10H,9H2,1-2H3,(H3,15,16). The Kier molecular flexibility index (Phi) is 3.46. The largest absolute Gasteiger partial charge is 0.384 e. The maximum absolute atomic E-state index is 7.45. The molecule has 0 fully saturated rings. The molecule has 0 radical (unpaired) electrons. The van der Waals surface area contributed by atoms with Crippen LogP contribution >= 0.6 is 0 Å². The summed E-state index contributed by atoms with van der Waals surface area (Å²) in [5.74, 6) is 1.57. The molecule has 1 aromatic heterocycles. The topological polar surface area (TPSA) is 67.7 Å². The summed E-state index contributed by atoms with van der Waals surface area (Å²) in [5.41, 5.74) is 7.39. The molecule has 4 heteroatoms. The van der Waals surface area contributed by atoms with Gasteiger partial charge in [-0.1, -0.05) is 32.0 Å². The number of hydrogen-bond donors (Lipinski definition) is 2. The van der Waals surface area contributed by atoms with Gasteiger partial charge in [0.1, 0.15) is 11.7 Å². The molecule has 0 saturated heterocycles. The van der Waals surface area contributed by atoms with Gasteiger partial charge in [0.2, 0.25) is 0 Å². The molecule has 0 unspecified atom stereocenters. The Labute approximate surface area is 107 Å². The van der Waals surface area contributed by atoms with Crippen molar-refractivity contribution in [2.45, 2.75) is 26.3 Å². The van der Waals surface area contributed by atoms with Crippen molar-refractivity contribution in [2.75, 3.05) is 0 Å². The summed E-state index contributed by atoms with van der Waals surface area (Å²) in [4.78, 5) is 4.37. The van der Waals surface area contributed by atoms with Crippen LogP contribution in [0.5, 0.6) is 0 Å². The second kappa shape index (κ2) is 5.04. The Balaban J connectivity index is 2.26. The highest BCUT2D eigenvalue weighted by Crippen LogP contribution is 2.14. The molecule has 2 rings (SSSR count). The number of nitrogens with one attached hydrogen (secondary N) is 1. The molecular weight excluding hydrogens is 224 g/mol. The van der Waals surface area contributed by atoms with Gasteiger partial charge in [0.05, 0.1) is 0 Å². The molecule has 94 valence electrons. The number of nitrogens with zero attached hydrogens (tertiary/aromatic N) is 2. The van der Waals surface area contributed by atoms with Gasteiger partial charge in [-0.05, 0) is 11.6 Å². The van der Waals surface area contributed by atoms with Crippen molar-refractivity contribution < 1.29 is 0 Å². The third kappa shape index (κ3) is 2.59. The summed E-state index contributed by atoms with van der Waals surface area (Å²) in [6, 6.07) is 7.77. The molecule has 18 heavy (non-hydrogen) atoms. The molecule has 1 aromatic carbocycles. The second-order valence-electron chi connectivity index (χ2n) is 4.68. The van der Waals surface area contributed by atoms with E-state index in [4.69, 9.17) is 11.1 Å². The third-order valence-electron chi connectivity index (χ3n) is 2.85. The van der Waals surface area contributed by atoms with Gasteiger partial charge >= 0.3 is 0 Å². The molecule has 3 N–H and O–H groups in total. The van der Waals surface area contributed by atoms with Gasteiger partial charge in [-0.15, -0.1) is 0 Å². The number of nitrogens with two attached hydrogens (primary N) is 1. The molecule has 2 aromatic rings. The summed E-state index contributed by atoms with van der Waals surface area (Å²) in [6.45, 7) is 5.02. The highest BCUT2D eigenvalue weighted by molar-refractivity contribution is 5.95. The predicted molar refractivity (Wildman–Crippen MR) is 72.9 cm³/mol. The zero-order chi connectivity index (χ0) is 13.1. The minimum Gasteiger partial charge on any atom is -0.384 e. The zero-order valence-electron chi connectivity index (χ0n) is 10.7. The monoisotopic (exact) mass is 242 g/mol. The van der Waals surface area contributed by atoms with Crippen LogP contribution < -0.4 is 5.73 Å². The van der Waals surface area contributed by atoms with Crippen LogP contribution in [-0.4, -0.2) is 15.4 Å². The number of amidine groups is 1. The van der Waals surface area contributed by atoms with Crippen molar-refractivity contribution in [3.63, 3.8) is 0 Å². The van der Waals surface area contributed by atoms with Crippen molar-refractivity contribution in [3.8, 4) is 0 Å². The molecular formula is C14H18N4. The number of rotatable bonds is 4. The molecule has 4 nitrogen and oxygen atoms in total. The first-order valence-electron chi connectivity index (χ1n) is 6.02. The van der Waals surface area contributed by atoms with Crippen LogP contribution in [0.4, 0.5) is 0 Å². The lowest BCUT2D eigenvalue weighted by molar-refractivity contribution is 0.669. The Morgan fingerprint density at radius 3 is 2.89 bits per heavy atom. The van der Waals surface area contributed by atoms with Gasteiger partial charge in [0.25, 0.3) is 0 Å². The zero-order valence-corrected chi connectivity index (χ0v) is 10.7. The number of nitrogen functional groups attached to an aromatic ring is 1. The lowest BCUT2D eigenvalue weighted by Gasteiger charge is -2.11. The summed E-state index contributed by atoms with van der Waals surface area (Å²) in [7, 11) is 0. The molecule has 0 spiro atoms. The average Bonchev–Trinajstić information content (AvgIpc) is 2.77. The van der Waals surface area contributed by atoms with Crippen LogP contribution in [0.15, 0.2) is 36.7 Å². The smallest absolute Gasteiger partial charge is 0.122 e. The third-order valence-corrected chi connectivity index (χ3v) is 2.85. The summed E-state index contributed by atoms with van der Waals surface area (Å²) in [6.07, 6.45) is 3.81. The van der Waals surface area contributed by atoms with Crippen molar-refractivity contribution in [1.82, 2.24) is 9.55 Å². The van der Waals surface area contributed by atoms with E-state index in [1.807, 2.05) is 36.7 Å². The van der Waals surface area contributed by atoms with E-state index in [2.05, 4.69) is 23.4 Å². The number of hydrogen-bond acceptors (Lipinski definition) is 2. The van der Waals surface area contributed by atoms with Crippen molar-refractivity contribution in [3.05, 3.63) is 53.6 Å². The van der Waals surface area contributed by atoms with E-state index >= 15 is 0 Å². The number of imidazole rings is 1. The molecule has 0 bridgehead atoms. The van der Waals surface area contributed by atoms with Gasteiger partial charge in [0, 0.05) is 30.4 Å². The minimum atomic E-state index is 0.103. The van der Waals surface area contributed by atoms with E-state index in [0.29, 0.717) is 5.92 Å². The Morgan fingerprint density at radius 2 is 2.22 bits per heavy atom. The molecule has 0 aliphatic carbocycles. The highest BCUT2D eigenvalue weighted by atomic mass is 15.1. The fraction of sp³-hybridized carbons (Fsp3) is 0.286. The van der Waals surface area contributed by atoms with E-state index in [-0.39, 0.29) is 5.84 Å². The van der Waals surface area contributed by atoms with E-state index in [1.165, 1.54) is 0 Å². The fourth-order valence-corrected chi connectivity index (χ4v) is 1.99. The second-order valence-corrected chi connectivity index (χ2v) is 4.68. The predicted octanol–water partition coefficient (Wildman–Crippen LogP) is 2.34. The molecule has 0 aliphatic rings. The molecule has 0 saturated carbocycles. The van der Waals surface area contributed by atoms with E-state index in [0.717, 1.165) is 23.5 Å². The molecule has 0 atom stereocenters. The quantitative estimate of drug-likeness (QED) is 0.638. The van der Waals surface area contributed by atoms with Gasteiger partial charge in [-0.3, -0.25) is 5.41 Å². The number of aromatic nitrogens is 2. The lowest BCUT2D eigenvalue weighted by atomic mass is 10.1. The fourth-order valence-electron chi connectivity index (χ4n) is 1.99. The van der Waals surface area contributed by atoms with Gasteiger partial charge < -0.3 is 10.3 Å². The molecule has 1 heterocycles. The van der Waals surface area contributed by atoms with Crippen molar-refractivity contribution >= 4 is 5.84 Å².